The first kappa shape index (κ1) is 35.1. The molecule has 0 spiro atoms. The normalized spacial score (nSPS) is 19.0. The van der Waals surface area contributed by atoms with Crippen LogP contribution in [0.1, 0.15) is 70.3 Å². The number of ether oxygens (including phenoxy) is 1. The molecule has 2 saturated carbocycles. The molecule has 2 fully saturated rings. The van der Waals surface area contributed by atoms with Gasteiger partial charge in [0.05, 0.1) is 46.9 Å². The molecule has 1 aliphatic heterocycles. The van der Waals surface area contributed by atoms with Crippen molar-refractivity contribution < 1.29 is 23.9 Å². The predicted molar refractivity (Wildman–Crippen MR) is 191 cm³/mol. The maximum absolute atomic E-state index is 14.4. The minimum atomic E-state index is -1.34. The number of nitrogens with one attached hydrogen (secondary N) is 3. The van der Waals surface area contributed by atoms with Crippen molar-refractivity contribution in [3.8, 4) is 6.07 Å². The van der Waals surface area contributed by atoms with Crippen LogP contribution in [0.4, 0.5) is 11.6 Å². The third-order valence-electron chi connectivity index (χ3n) is 9.82. The standard InChI is InChI=1S/C37H34Cl2N8O5/c1-35(18-22-3-5-23(19-40)6-4-22)33(51)46(27-16-25(38)15-26(39)17-27)34-43-21-28(47(34)35)31(49)44-37(11-12-37)32(50)45-36(9-10-36)29-8-7-24(20-42-29)30(48)41-13-14-52-2/h3-8,15-17,20-21H,9-14,18H2,1-2H3,(H,41,48)(H,44,49)(H,45,50)/t35-/m1/s1. The van der Waals surface area contributed by atoms with E-state index < -0.39 is 22.5 Å². The first-order valence-corrected chi connectivity index (χ1v) is 17.4. The minimum Gasteiger partial charge on any atom is -0.383 e. The van der Waals surface area contributed by atoms with E-state index in [-0.39, 0.29) is 35.8 Å². The quantitative estimate of drug-likeness (QED) is 0.178. The SMILES string of the molecule is COCCNC(=O)c1ccc(C2(NC(=O)C3(NC(=O)c4cnc5n4[C@](C)(Cc4ccc(C#N)cc4)C(=O)N5c4cc(Cl)cc(Cl)c4)CC3)CC2)nc1. The van der Waals surface area contributed by atoms with Crippen molar-refractivity contribution in [2.75, 3.05) is 25.2 Å². The Morgan fingerprint density at radius 3 is 2.25 bits per heavy atom. The zero-order valence-electron chi connectivity index (χ0n) is 28.3. The number of carbonyl (C=O) groups excluding carboxylic acids is 4. The number of amides is 4. The zero-order chi connectivity index (χ0) is 36.8. The van der Waals surface area contributed by atoms with E-state index in [0.29, 0.717) is 71.4 Å². The largest absolute Gasteiger partial charge is 0.383 e. The highest BCUT2D eigenvalue weighted by atomic mass is 35.5. The number of benzene rings is 2. The number of rotatable bonds is 12. The number of anilines is 2. The molecule has 2 aromatic heterocycles. The topological polar surface area (TPSA) is 171 Å². The summed E-state index contributed by atoms with van der Waals surface area (Å²) in [5.74, 6) is -1.35. The molecule has 1 atom stereocenters. The summed E-state index contributed by atoms with van der Waals surface area (Å²) in [4.78, 5) is 65.2. The summed E-state index contributed by atoms with van der Waals surface area (Å²) in [5.41, 5.74) is -0.478. The van der Waals surface area contributed by atoms with Crippen molar-refractivity contribution in [2.24, 2.45) is 0 Å². The fourth-order valence-electron chi connectivity index (χ4n) is 6.63. The van der Waals surface area contributed by atoms with Crippen molar-refractivity contribution >= 4 is 58.5 Å². The summed E-state index contributed by atoms with van der Waals surface area (Å²) in [6.45, 7) is 2.48. The Morgan fingerprint density at radius 2 is 1.65 bits per heavy atom. The van der Waals surface area contributed by atoms with Gasteiger partial charge >= 0.3 is 0 Å². The Hall–Kier alpha value is -5.29. The fraction of sp³-hybridized carbons (Fsp3) is 0.324. The van der Waals surface area contributed by atoms with E-state index in [1.54, 1.807) is 73.2 Å². The predicted octanol–water partition coefficient (Wildman–Crippen LogP) is 4.54. The van der Waals surface area contributed by atoms with E-state index in [2.05, 4.69) is 32.0 Å². The molecule has 52 heavy (non-hydrogen) atoms. The lowest BCUT2D eigenvalue weighted by molar-refractivity contribution is -0.125. The van der Waals surface area contributed by atoms with Crippen molar-refractivity contribution in [1.82, 2.24) is 30.5 Å². The summed E-state index contributed by atoms with van der Waals surface area (Å²) in [6.07, 6.45) is 5.19. The van der Waals surface area contributed by atoms with Gasteiger partial charge in [0.25, 0.3) is 17.7 Å². The lowest BCUT2D eigenvalue weighted by Crippen LogP contribution is -2.52. The number of nitriles is 1. The van der Waals surface area contributed by atoms with Gasteiger partial charge in [0.1, 0.15) is 16.8 Å². The van der Waals surface area contributed by atoms with E-state index in [4.69, 9.17) is 27.9 Å². The zero-order valence-corrected chi connectivity index (χ0v) is 29.8. The molecular weight excluding hydrogens is 707 g/mol. The molecule has 3 N–H and O–H groups in total. The molecule has 2 aliphatic carbocycles. The maximum atomic E-state index is 14.4. The van der Waals surface area contributed by atoms with E-state index in [1.807, 2.05) is 0 Å². The second-order valence-corrected chi connectivity index (χ2v) is 14.4. The highest BCUT2D eigenvalue weighted by molar-refractivity contribution is 6.35. The summed E-state index contributed by atoms with van der Waals surface area (Å²) < 4.78 is 6.56. The second-order valence-electron chi connectivity index (χ2n) is 13.6. The van der Waals surface area contributed by atoms with Gasteiger partial charge in [0, 0.05) is 36.3 Å². The molecular formula is C37H34Cl2N8O5. The fourth-order valence-corrected chi connectivity index (χ4v) is 7.14. The highest BCUT2D eigenvalue weighted by Crippen LogP contribution is 2.47. The molecule has 0 radical (unpaired) electrons. The summed E-state index contributed by atoms with van der Waals surface area (Å²) >= 11 is 12.7. The molecule has 0 bridgehead atoms. The monoisotopic (exact) mass is 740 g/mol. The lowest BCUT2D eigenvalue weighted by atomic mass is 9.91. The molecule has 2 aromatic carbocycles. The van der Waals surface area contributed by atoms with E-state index in [9.17, 15) is 24.4 Å². The number of fused-ring (bicyclic) bond motifs is 1. The minimum absolute atomic E-state index is 0.0939. The average Bonchev–Trinajstić information content (AvgIpc) is 4.03. The maximum Gasteiger partial charge on any atom is 0.270 e. The second kappa shape index (κ2) is 13.4. The number of imidazole rings is 1. The number of nitrogens with zero attached hydrogens (tertiary/aromatic N) is 5. The molecule has 0 unspecified atom stereocenters. The van der Waals surface area contributed by atoms with Crippen LogP contribution in [0.3, 0.4) is 0 Å². The van der Waals surface area contributed by atoms with E-state index in [1.165, 1.54) is 17.3 Å². The van der Waals surface area contributed by atoms with Crippen LogP contribution in [0.5, 0.6) is 0 Å². The van der Waals surface area contributed by atoms with Gasteiger partial charge in [-0.25, -0.2) is 9.88 Å². The van der Waals surface area contributed by atoms with Crippen LogP contribution >= 0.6 is 23.2 Å². The average molecular weight is 742 g/mol. The van der Waals surface area contributed by atoms with Gasteiger partial charge < -0.3 is 20.7 Å². The van der Waals surface area contributed by atoms with E-state index in [0.717, 1.165) is 5.56 Å². The third kappa shape index (κ3) is 6.38. The number of carbonyl (C=O) groups is 4. The van der Waals surface area contributed by atoms with Crippen LogP contribution in [-0.4, -0.2) is 64.0 Å². The van der Waals surface area contributed by atoms with Gasteiger partial charge in [0.2, 0.25) is 11.9 Å². The smallest absolute Gasteiger partial charge is 0.270 e. The number of hydrogen-bond acceptors (Lipinski definition) is 8. The molecule has 13 nitrogen and oxygen atoms in total. The molecule has 3 heterocycles. The van der Waals surface area contributed by atoms with Gasteiger partial charge in [-0.3, -0.25) is 28.7 Å². The third-order valence-corrected chi connectivity index (χ3v) is 10.3. The molecule has 266 valence electrons. The van der Waals surface area contributed by atoms with Gasteiger partial charge in [-0.2, -0.15) is 5.26 Å². The van der Waals surface area contributed by atoms with Gasteiger partial charge in [0.15, 0.2) is 0 Å². The van der Waals surface area contributed by atoms with Gasteiger partial charge in [-0.05, 0) is 80.6 Å². The van der Waals surface area contributed by atoms with Crippen LogP contribution in [-0.2, 0) is 31.8 Å². The summed E-state index contributed by atoms with van der Waals surface area (Å²) in [6, 6.07) is 17.1. The molecule has 15 heteroatoms. The lowest BCUT2D eigenvalue weighted by Gasteiger charge is -2.27. The number of methoxy groups -OCH3 is 1. The van der Waals surface area contributed by atoms with Crippen LogP contribution < -0.4 is 20.9 Å². The molecule has 4 aromatic rings. The first-order valence-electron chi connectivity index (χ1n) is 16.7. The van der Waals surface area contributed by atoms with Crippen LogP contribution in [0.2, 0.25) is 10.0 Å². The molecule has 7 rings (SSSR count). The van der Waals surface area contributed by atoms with Crippen LogP contribution in [0, 0.1) is 11.3 Å². The Balaban J connectivity index is 1.13. The first-order chi connectivity index (χ1) is 24.9. The van der Waals surface area contributed by atoms with Crippen molar-refractivity contribution in [3.05, 3.63) is 105 Å². The highest BCUT2D eigenvalue weighted by Gasteiger charge is 2.57. The summed E-state index contributed by atoms with van der Waals surface area (Å²) in [7, 11) is 1.55. The molecule has 3 aliphatic rings. The van der Waals surface area contributed by atoms with E-state index >= 15 is 0 Å². The Bertz CT molecular complexity index is 2120. The van der Waals surface area contributed by atoms with Crippen molar-refractivity contribution in [1.29, 1.82) is 5.26 Å². The Morgan fingerprint density at radius 1 is 0.942 bits per heavy atom. The Labute approximate surface area is 309 Å². The number of hydrogen-bond donors (Lipinski definition) is 3. The van der Waals surface area contributed by atoms with Gasteiger partial charge in [-0.15, -0.1) is 0 Å². The number of halogens is 2. The number of pyridine rings is 1. The molecule has 4 amide bonds. The Kier molecular flexibility index (Phi) is 9.02. The number of aromatic nitrogens is 3. The van der Waals surface area contributed by atoms with Crippen molar-refractivity contribution in [2.45, 2.75) is 55.6 Å². The van der Waals surface area contributed by atoms with Crippen LogP contribution in [0.15, 0.2) is 67.0 Å². The van der Waals surface area contributed by atoms with Crippen LogP contribution in [0.25, 0.3) is 0 Å². The summed E-state index contributed by atoms with van der Waals surface area (Å²) in [5, 5.41) is 18.8. The van der Waals surface area contributed by atoms with Crippen molar-refractivity contribution in [3.63, 3.8) is 0 Å². The molecule has 0 saturated heterocycles. The van der Waals surface area contributed by atoms with Gasteiger partial charge in [-0.1, -0.05) is 35.3 Å².